The number of pyridine rings is 1. The van der Waals surface area contributed by atoms with Crippen molar-refractivity contribution < 1.29 is 19.4 Å². The Bertz CT molecular complexity index is 998. The maximum absolute atomic E-state index is 12.7. The maximum Gasteiger partial charge on any atom is 0.405 e. The highest BCUT2D eigenvalue weighted by Gasteiger charge is 2.22. The smallest absolute Gasteiger partial charge is 0.405 e. The van der Waals surface area contributed by atoms with E-state index in [0.717, 1.165) is 11.6 Å². The Morgan fingerprint density at radius 2 is 2.19 bits per heavy atom. The molecule has 2 atom stereocenters. The fraction of sp³-hybridized carbons (Fsp3) is 0.455. The number of nitrogens with one attached hydrogen (secondary N) is 2. The van der Waals surface area contributed by atoms with E-state index in [-0.39, 0.29) is 12.6 Å². The average molecular weight is 458 g/mol. The van der Waals surface area contributed by atoms with E-state index < -0.39 is 26.1 Å². The fourth-order valence-electron chi connectivity index (χ4n) is 3.35. The minimum absolute atomic E-state index is 0.167. The van der Waals surface area contributed by atoms with Gasteiger partial charge in [-0.05, 0) is 24.6 Å². The molecule has 0 fully saturated rings. The van der Waals surface area contributed by atoms with Gasteiger partial charge in [0.1, 0.15) is 6.73 Å². The van der Waals surface area contributed by atoms with Crippen LogP contribution in [0.2, 0.25) is 25.7 Å². The van der Waals surface area contributed by atoms with Crippen LogP contribution in [0.3, 0.4) is 0 Å². The molecule has 0 saturated carbocycles. The van der Waals surface area contributed by atoms with Crippen LogP contribution >= 0.6 is 0 Å². The Hall–Kier alpha value is -2.98. The number of carbonyl (C=O) groups excluding carboxylic acids is 1. The Morgan fingerprint density at radius 3 is 2.91 bits per heavy atom. The van der Waals surface area contributed by atoms with Gasteiger partial charge in [-0.15, -0.1) is 0 Å². The van der Waals surface area contributed by atoms with E-state index in [1.807, 2.05) is 12.1 Å². The molecule has 3 heterocycles. The van der Waals surface area contributed by atoms with Crippen LogP contribution in [0.25, 0.3) is 11.3 Å². The van der Waals surface area contributed by atoms with E-state index >= 15 is 0 Å². The van der Waals surface area contributed by atoms with Crippen molar-refractivity contribution in [2.24, 2.45) is 5.92 Å². The summed E-state index contributed by atoms with van der Waals surface area (Å²) in [6, 6.07) is 4.15. The Kier molecular flexibility index (Phi) is 7.47. The lowest BCUT2D eigenvalue weighted by atomic mass is 10.0. The highest BCUT2D eigenvalue weighted by Crippen LogP contribution is 2.31. The number of fused-ring (bicyclic) bond motifs is 4. The fourth-order valence-corrected chi connectivity index (χ4v) is 4.11. The molecule has 172 valence electrons. The van der Waals surface area contributed by atoms with Gasteiger partial charge in [-0.3, -0.25) is 9.78 Å². The van der Waals surface area contributed by atoms with Gasteiger partial charge in [0.05, 0.1) is 35.2 Å². The quantitative estimate of drug-likeness (QED) is 0.341. The number of carbonyl (C=O) groups is 2. The first-order chi connectivity index (χ1) is 15.1. The average Bonchev–Trinajstić information content (AvgIpc) is 3.11. The summed E-state index contributed by atoms with van der Waals surface area (Å²) in [6.45, 7) is 9.57. The van der Waals surface area contributed by atoms with Crippen LogP contribution in [0.1, 0.15) is 25.1 Å². The van der Waals surface area contributed by atoms with Gasteiger partial charge in [0.15, 0.2) is 0 Å². The second-order valence-corrected chi connectivity index (χ2v) is 14.8. The molecule has 3 N–H and O–H groups in total. The number of rotatable bonds is 6. The second-order valence-electron chi connectivity index (χ2n) is 9.17. The number of ether oxygens (including phenoxy) is 1. The Balaban J connectivity index is 1.98. The predicted molar refractivity (Wildman–Crippen MR) is 125 cm³/mol. The number of aromatic nitrogens is 3. The van der Waals surface area contributed by atoms with E-state index in [4.69, 9.17) is 4.74 Å². The predicted octanol–water partition coefficient (Wildman–Crippen LogP) is 4.10. The normalized spacial score (nSPS) is 18.8. The maximum atomic E-state index is 12.7. The number of nitrogens with zero attached hydrogens (tertiary/aromatic N) is 3. The summed E-state index contributed by atoms with van der Waals surface area (Å²) >= 11 is 0. The van der Waals surface area contributed by atoms with E-state index in [1.165, 1.54) is 0 Å². The molecule has 1 aliphatic rings. The number of anilines is 1. The highest BCUT2D eigenvalue weighted by atomic mass is 28.3. The third kappa shape index (κ3) is 6.27. The third-order valence-electron chi connectivity index (χ3n) is 5.23. The summed E-state index contributed by atoms with van der Waals surface area (Å²) in [5, 5.41) is 19.2. The zero-order valence-corrected chi connectivity index (χ0v) is 20.0. The van der Waals surface area contributed by atoms with Gasteiger partial charge in [0, 0.05) is 26.4 Å². The first kappa shape index (κ1) is 23.7. The molecule has 2 aromatic rings. The Labute approximate surface area is 188 Å². The van der Waals surface area contributed by atoms with Crippen molar-refractivity contribution in [3.05, 3.63) is 42.4 Å². The number of carboxylic acid groups (broad SMARTS) is 1. The minimum Gasteiger partial charge on any atom is -0.465 e. The SMILES string of the molecule is C[C@@H]1C=CC[C@H](NC(=O)O)c2cc(ccn2)-c2c(cnn2COCC[Si](C)(C)C)NC1=O. The topological polar surface area (TPSA) is 118 Å². The van der Waals surface area contributed by atoms with Crippen LogP contribution in [0.5, 0.6) is 0 Å². The van der Waals surface area contributed by atoms with Crippen molar-refractivity contribution >= 4 is 25.8 Å². The van der Waals surface area contributed by atoms with Gasteiger partial charge in [-0.1, -0.05) is 38.7 Å². The molecule has 0 spiro atoms. The summed E-state index contributed by atoms with van der Waals surface area (Å²) in [6.07, 6.45) is 6.07. The molecule has 1 aliphatic heterocycles. The lowest BCUT2D eigenvalue weighted by molar-refractivity contribution is -0.118. The largest absolute Gasteiger partial charge is 0.465 e. The number of amides is 2. The van der Waals surface area contributed by atoms with E-state index in [2.05, 4.69) is 40.4 Å². The molecule has 2 amide bonds. The van der Waals surface area contributed by atoms with E-state index in [0.29, 0.717) is 30.1 Å². The summed E-state index contributed by atoms with van der Waals surface area (Å²) in [5.41, 5.74) is 2.63. The monoisotopic (exact) mass is 457 g/mol. The minimum atomic E-state index is -1.21. The number of hydrogen-bond donors (Lipinski definition) is 3. The molecule has 0 unspecified atom stereocenters. The summed E-state index contributed by atoms with van der Waals surface area (Å²) < 4.78 is 7.61. The molecule has 2 aromatic heterocycles. The van der Waals surface area contributed by atoms with Crippen molar-refractivity contribution in [1.82, 2.24) is 20.1 Å². The molecule has 0 radical (unpaired) electrons. The molecule has 3 rings (SSSR count). The summed E-state index contributed by atoms with van der Waals surface area (Å²) in [4.78, 5) is 28.4. The van der Waals surface area contributed by atoms with E-state index in [9.17, 15) is 14.7 Å². The summed E-state index contributed by atoms with van der Waals surface area (Å²) in [5.74, 6) is -0.560. The van der Waals surface area contributed by atoms with Crippen molar-refractivity contribution in [2.75, 3.05) is 11.9 Å². The van der Waals surface area contributed by atoms with Crippen molar-refractivity contribution in [3.63, 3.8) is 0 Å². The van der Waals surface area contributed by atoms with Crippen LogP contribution < -0.4 is 10.6 Å². The molecule has 2 bridgehead atoms. The van der Waals surface area contributed by atoms with Gasteiger partial charge in [0.25, 0.3) is 0 Å². The van der Waals surface area contributed by atoms with Crippen LogP contribution in [-0.2, 0) is 16.3 Å². The van der Waals surface area contributed by atoms with Crippen molar-refractivity contribution in [3.8, 4) is 11.3 Å². The lowest BCUT2D eigenvalue weighted by Crippen LogP contribution is -2.27. The molecule has 32 heavy (non-hydrogen) atoms. The van der Waals surface area contributed by atoms with Gasteiger partial charge >= 0.3 is 6.09 Å². The molecular formula is C22H31N5O4Si. The second kappa shape index (κ2) is 10.1. The highest BCUT2D eigenvalue weighted by molar-refractivity contribution is 6.76. The lowest BCUT2D eigenvalue weighted by Gasteiger charge is -2.19. The van der Waals surface area contributed by atoms with Gasteiger partial charge < -0.3 is 20.5 Å². The van der Waals surface area contributed by atoms with Crippen molar-refractivity contribution in [2.45, 2.75) is 51.8 Å². The standard InChI is InChI=1S/C22H31N5O4Si/c1-15-6-5-7-17(26-22(29)30)18-12-16(8-9-23-18)20-19(25-21(15)28)13-24-27(20)14-31-10-11-32(2,3)4/h5-6,8-9,12-13,15,17,26H,7,10-11,14H2,1-4H3,(H,25,28)(H,29,30)/t15-,17+/m1/s1. The summed E-state index contributed by atoms with van der Waals surface area (Å²) in [7, 11) is -1.21. The van der Waals surface area contributed by atoms with Gasteiger partial charge in [-0.25, -0.2) is 9.48 Å². The first-order valence-electron chi connectivity index (χ1n) is 10.7. The van der Waals surface area contributed by atoms with Crippen LogP contribution in [0, 0.1) is 5.92 Å². The zero-order valence-electron chi connectivity index (χ0n) is 19.0. The molecule has 10 heteroatoms. The molecule has 0 aliphatic carbocycles. The van der Waals surface area contributed by atoms with Crippen LogP contribution in [0.4, 0.5) is 10.5 Å². The zero-order chi connectivity index (χ0) is 23.3. The molecular weight excluding hydrogens is 426 g/mol. The van der Waals surface area contributed by atoms with Gasteiger partial charge in [0.2, 0.25) is 5.91 Å². The molecule has 9 nitrogen and oxygen atoms in total. The van der Waals surface area contributed by atoms with Crippen molar-refractivity contribution in [1.29, 1.82) is 0 Å². The number of hydrogen-bond acceptors (Lipinski definition) is 5. The molecule has 0 saturated heterocycles. The third-order valence-corrected chi connectivity index (χ3v) is 6.93. The van der Waals surface area contributed by atoms with Gasteiger partial charge in [-0.2, -0.15) is 5.10 Å². The Morgan fingerprint density at radius 1 is 1.41 bits per heavy atom. The first-order valence-corrected chi connectivity index (χ1v) is 14.4. The van der Waals surface area contributed by atoms with Crippen LogP contribution in [0.15, 0.2) is 36.7 Å². The van der Waals surface area contributed by atoms with E-state index in [1.54, 1.807) is 36.2 Å². The van der Waals surface area contributed by atoms with Crippen LogP contribution in [-0.4, -0.2) is 46.6 Å². The molecule has 0 aromatic carbocycles.